The number of aromatic nitrogens is 2. The molecule has 1 aromatic carbocycles. The van der Waals surface area contributed by atoms with Crippen LogP contribution in [0.5, 0.6) is 5.75 Å². The fourth-order valence-electron chi connectivity index (χ4n) is 2.18. The zero-order valence-corrected chi connectivity index (χ0v) is 14.8. The minimum absolute atomic E-state index is 0.00589. The van der Waals surface area contributed by atoms with E-state index in [1.807, 2.05) is 0 Å². The number of aryl methyl sites for hydroxylation is 1. The van der Waals surface area contributed by atoms with Gasteiger partial charge in [0.15, 0.2) is 21.4 Å². The Morgan fingerprint density at radius 3 is 2.67 bits per heavy atom. The molecule has 0 saturated heterocycles. The third kappa shape index (κ3) is 4.19. The molecule has 0 saturated carbocycles. The van der Waals surface area contributed by atoms with E-state index in [1.54, 1.807) is 32.9 Å². The zero-order chi connectivity index (χ0) is 17.9. The Balaban J connectivity index is 2.32. The van der Waals surface area contributed by atoms with Gasteiger partial charge in [-0.3, -0.25) is 0 Å². The Bertz CT molecular complexity index is 840. The number of nitrogens with zero attached hydrogens (tertiary/aromatic N) is 2. The first kappa shape index (κ1) is 18.1. The molecule has 0 aliphatic carbocycles. The molecule has 0 spiro atoms. The first-order chi connectivity index (χ1) is 11.2. The van der Waals surface area contributed by atoms with Crippen LogP contribution in [0, 0.1) is 12.7 Å². The molecular weight excluding hydrogens is 333 g/mol. The predicted molar refractivity (Wildman–Crippen MR) is 89.5 cm³/mol. The van der Waals surface area contributed by atoms with E-state index in [-0.39, 0.29) is 22.5 Å². The van der Waals surface area contributed by atoms with Crippen molar-refractivity contribution in [1.82, 2.24) is 9.97 Å². The maximum absolute atomic E-state index is 14.0. The summed E-state index contributed by atoms with van der Waals surface area (Å²) in [6.07, 6.45) is 2.36. The molecule has 1 unspecified atom stereocenters. The van der Waals surface area contributed by atoms with Crippen LogP contribution in [-0.4, -0.2) is 31.2 Å². The maximum Gasteiger partial charge on any atom is 0.180 e. The molecule has 0 aliphatic rings. The summed E-state index contributed by atoms with van der Waals surface area (Å²) in [5.74, 6) is 0.357. The largest absolute Gasteiger partial charge is 0.491 e. The summed E-state index contributed by atoms with van der Waals surface area (Å²) in [4.78, 5) is 8.09. The maximum atomic E-state index is 14.0. The Kier molecular flexibility index (Phi) is 5.38. The normalized spacial score (nSPS) is 12.7. The van der Waals surface area contributed by atoms with E-state index in [9.17, 15) is 12.8 Å². The van der Waals surface area contributed by atoms with E-state index in [0.29, 0.717) is 18.0 Å². The second kappa shape index (κ2) is 7.12. The molecular formula is C16H20FN3O3S. The summed E-state index contributed by atoms with van der Waals surface area (Å²) in [6, 6.07) is 4.27. The molecule has 2 aromatic rings. The zero-order valence-electron chi connectivity index (χ0n) is 14.0. The average Bonchev–Trinajstić information content (AvgIpc) is 2.48. The van der Waals surface area contributed by atoms with Crippen molar-refractivity contribution in [3.8, 4) is 5.75 Å². The van der Waals surface area contributed by atoms with Gasteiger partial charge < -0.3 is 10.1 Å². The molecule has 1 heterocycles. The van der Waals surface area contributed by atoms with Crippen molar-refractivity contribution in [3.05, 3.63) is 41.6 Å². The van der Waals surface area contributed by atoms with Crippen molar-refractivity contribution in [2.75, 3.05) is 18.2 Å². The van der Waals surface area contributed by atoms with Gasteiger partial charge in [0, 0.05) is 6.26 Å². The predicted octanol–water partition coefficient (Wildman–Crippen LogP) is 2.90. The summed E-state index contributed by atoms with van der Waals surface area (Å²) in [5, 5.41) is 3.02. The first-order valence-electron chi connectivity index (χ1n) is 7.45. The van der Waals surface area contributed by atoms with Crippen LogP contribution in [0.2, 0.25) is 0 Å². The Morgan fingerprint density at radius 2 is 2.08 bits per heavy atom. The molecule has 0 bridgehead atoms. The lowest BCUT2D eigenvalue weighted by Gasteiger charge is -2.18. The number of hydrogen-bond acceptors (Lipinski definition) is 6. The van der Waals surface area contributed by atoms with Crippen LogP contribution in [0.3, 0.4) is 0 Å². The second-order valence-electron chi connectivity index (χ2n) is 5.39. The smallest absolute Gasteiger partial charge is 0.180 e. The van der Waals surface area contributed by atoms with E-state index in [0.717, 1.165) is 6.26 Å². The molecule has 0 amide bonds. The molecule has 130 valence electrons. The van der Waals surface area contributed by atoms with Gasteiger partial charge in [-0.25, -0.2) is 22.8 Å². The second-order valence-corrected chi connectivity index (χ2v) is 7.38. The topological polar surface area (TPSA) is 81.2 Å². The highest BCUT2D eigenvalue weighted by molar-refractivity contribution is 7.90. The summed E-state index contributed by atoms with van der Waals surface area (Å²) < 4.78 is 42.9. The number of sulfone groups is 1. The monoisotopic (exact) mass is 353 g/mol. The molecule has 8 heteroatoms. The number of anilines is 1. The number of halogens is 1. The summed E-state index contributed by atoms with van der Waals surface area (Å²) in [7, 11) is -3.48. The van der Waals surface area contributed by atoms with Crippen LogP contribution in [0.15, 0.2) is 29.3 Å². The van der Waals surface area contributed by atoms with Gasteiger partial charge in [-0.15, -0.1) is 0 Å². The minimum Gasteiger partial charge on any atom is -0.491 e. The van der Waals surface area contributed by atoms with Crippen molar-refractivity contribution in [2.24, 2.45) is 0 Å². The quantitative estimate of drug-likeness (QED) is 0.860. The molecule has 1 atom stereocenters. The molecule has 1 aromatic heterocycles. The van der Waals surface area contributed by atoms with E-state index in [1.165, 1.54) is 12.3 Å². The third-order valence-electron chi connectivity index (χ3n) is 3.38. The average molecular weight is 353 g/mol. The van der Waals surface area contributed by atoms with Crippen LogP contribution in [-0.2, 0) is 9.84 Å². The highest BCUT2D eigenvalue weighted by atomic mass is 32.2. The standard InChI is InChI=1S/C16H20FN3O3S/c1-5-23-14-7-6-12(8-13(14)17)10(2)19-16-15(24(4,21)22)9-18-11(3)20-16/h6-10H,5H2,1-4H3,(H,18,19,20). The third-order valence-corrected chi connectivity index (χ3v) is 4.48. The van der Waals surface area contributed by atoms with Gasteiger partial charge in [0.1, 0.15) is 16.5 Å². The van der Waals surface area contributed by atoms with Gasteiger partial charge in [-0.2, -0.15) is 0 Å². The first-order valence-corrected chi connectivity index (χ1v) is 9.34. The number of hydrogen-bond donors (Lipinski definition) is 1. The lowest BCUT2D eigenvalue weighted by molar-refractivity contribution is 0.321. The Morgan fingerprint density at radius 1 is 1.38 bits per heavy atom. The molecule has 0 fully saturated rings. The van der Waals surface area contributed by atoms with Crippen molar-refractivity contribution < 1.29 is 17.5 Å². The van der Waals surface area contributed by atoms with Gasteiger partial charge in [0.25, 0.3) is 0 Å². The van der Waals surface area contributed by atoms with Crippen LogP contribution in [0.25, 0.3) is 0 Å². The Hall–Kier alpha value is -2.22. The van der Waals surface area contributed by atoms with E-state index >= 15 is 0 Å². The van der Waals surface area contributed by atoms with Crippen molar-refractivity contribution in [1.29, 1.82) is 0 Å². The van der Waals surface area contributed by atoms with Crippen LogP contribution < -0.4 is 10.1 Å². The Labute approximate surface area is 141 Å². The van der Waals surface area contributed by atoms with Gasteiger partial charge in [-0.1, -0.05) is 6.07 Å². The molecule has 2 rings (SSSR count). The van der Waals surface area contributed by atoms with Crippen LogP contribution in [0.1, 0.15) is 31.3 Å². The van der Waals surface area contributed by atoms with Gasteiger partial charge >= 0.3 is 0 Å². The number of rotatable bonds is 6. The SMILES string of the molecule is CCOc1ccc(C(C)Nc2nc(C)ncc2S(C)(=O)=O)cc1F. The molecule has 0 aliphatic heterocycles. The molecule has 1 N–H and O–H groups in total. The molecule has 0 radical (unpaired) electrons. The van der Waals surface area contributed by atoms with E-state index in [4.69, 9.17) is 4.74 Å². The van der Waals surface area contributed by atoms with Crippen molar-refractivity contribution in [3.63, 3.8) is 0 Å². The van der Waals surface area contributed by atoms with Crippen molar-refractivity contribution >= 4 is 15.7 Å². The number of benzene rings is 1. The highest BCUT2D eigenvalue weighted by Gasteiger charge is 2.18. The van der Waals surface area contributed by atoms with E-state index in [2.05, 4.69) is 15.3 Å². The van der Waals surface area contributed by atoms with Gasteiger partial charge in [0.05, 0.1) is 18.8 Å². The summed E-state index contributed by atoms with van der Waals surface area (Å²) in [5.41, 5.74) is 0.645. The molecule has 24 heavy (non-hydrogen) atoms. The van der Waals surface area contributed by atoms with Crippen LogP contribution >= 0.6 is 0 Å². The molecule has 6 nitrogen and oxygen atoms in total. The van der Waals surface area contributed by atoms with Crippen LogP contribution in [0.4, 0.5) is 10.2 Å². The minimum atomic E-state index is -3.48. The summed E-state index contributed by atoms with van der Waals surface area (Å²) in [6.45, 7) is 5.61. The lowest BCUT2D eigenvalue weighted by Crippen LogP contribution is -2.13. The van der Waals surface area contributed by atoms with Gasteiger partial charge in [0.2, 0.25) is 0 Å². The number of ether oxygens (including phenoxy) is 1. The fourth-order valence-corrected chi connectivity index (χ4v) is 2.88. The summed E-state index contributed by atoms with van der Waals surface area (Å²) >= 11 is 0. The van der Waals surface area contributed by atoms with Gasteiger partial charge in [-0.05, 0) is 38.5 Å². The highest BCUT2D eigenvalue weighted by Crippen LogP contribution is 2.26. The van der Waals surface area contributed by atoms with Crippen molar-refractivity contribution in [2.45, 2.75) is 31.7 Å². The fraction of sp³-hybridized carbons (Fsp3) is 0.375. The van der Waals surface area contributed by atoms with E-state index < -0.39 is 15.7 Å². The number of nitrogens with one attached hydrogen (secondary N) is 1. The lowest BCUT2D eigenvalue weighted by atomic mass is 10.1.